The van der Waals surface area contributed by atoms with Crippen molar-refractivity contribution in [3.63, 3.8) is 0 Å². The molecule has 20 heavy (non-hydrogen) atoms. The fraction of sp³-hybridized carbons (Fsp3) is 0.368. The summed E-state index contributed by atoms with van der Waals surface area (Å²) in [6.07, 6.45) is 0. The smallest absolute Gasteiger partial charge is 0.126 e. The summed E-state index contributed by atoms with van der Waals surface area (Å²) < 4.78 is 5.95. The van der Waals surface area contributed by atoms with Crippen LogP contribution in [0.25, 0.3) is 0 Å². The lowest BCUT2D eigenvalue weighted by Gasteiger charge is -2.14. The molecular formula is C19H22O. The van der Waals surface area contributed by atoms with Crippen molar-refractivity contribution in [1.29, 1.82) is 0 Å². The predicted molar refractivity (Wildman–Crippen MR) is 83.8 cm³/mol. The van der Waals surface area contributed by atoms with E-state index in [0.717, 1.165) is 12.4 Å². The lowest BCUT2D eigenvalue weighted by Crippen LogP contribution is -2.03. The Morgan fingerprint density at radius 3 is 2.25 bits per heavy atom. The van der Waals surface area contributed by atoms with Crippen molar-refractivity contribution in [2.75, 3.05) is 6.61 Å². The van der Waals surface area contributed by atoms with Crippen molar-refractivity contribution in [2.45, 2.75) is 39.5 Å². The molecule has 2 aromatic carbocycles. The van der Waals surface area contributed by atoms with Gasteiger partial charge in [-0.15, -0.1) is 0 Å². The molecule has 1 heteroatoms. The van der Waals surface area contributed by atoms with Gasteiger partial charge in [0, 0.05) is 11.5 Å². The van der Waals surface area contributed by atoms with Gasteiger partial charge in [0.2, 0.25) is 0 Å². The second kappa shape index (κ2) is 4.97. The largest absolute Gasteiger partial charge is 0.492 e. The van der Waals surface area contributed by atoms with Crippen LogP contribution < -0.4 is 4.74 Å². The average Bonchev–Trinajstić information content (AvgIpc) is 2.89. The van der Waals surface area contributed by atoms with Crippen LogP contribution in [0.3, 0.4) is 0 Å². The van der Waals surface area contributed by atoms with Gasteiger partial charge in [0.25, 0.3) is 0 Å². The first-order valence-corrected chi connectivity index (χ1v) is 7.40. The number of benzene rings is 2. The van der Waals surface area contributed by atoms with Crippen LogP contribution in [0.5, 0.6) is 5.75 Å². The van der Waals surface area contributed by atoms with Gasteiger partial charge in [0.1, 0.15) is 5.75 Å². The molecule has 0 spiro atoms. The molecule has 3 rings (SSSR count). The Bertz CT molecular complexity index is 623. The van der Waals surface area contributed by atoms with Crippen LogP contribution in [-0.4, -0.2) is 6.61 Å². The Labute approximate surface area is 121 Å². The number of aryl methyl sites for hydroxylation is 2. The number of ether oxygens (including phenoxy) is 1. The fourth-order valence-electron chi connectivity index (χ4n) is 3.06. The van der Waals surface area contributed by atoms with E-state index in [2.05, 4.69) is 64.1 Å². The zero-order valence-corrected chi connectivity index (χ0v) is 12.7. The van der Waals surface area contributed by atoms with Gasteiger partial charge >= 0.3 is 0 Å². The maximum atomic E-state index is 5.95. The van der Waals surface area contributed by atoms with Gasteiger partial charge in [-0.3, -0.25) is 0 Å². The van der Waals surface area contributed by atoms with Gasteiger partial charge in [-0.05, 0) is 42.0 Å². The average molecular weight is 266 g/mol. The predicted octanol–water partition coefficient (Wildman–Crippen LogP) is 4.95. The zero-order chi connectivity index (χ0) is 14.3. The summed E-state index contributed by atoms with van der Waals surface area (Å²) in [6, 6.07) is 13.4. The molecule has 0 saturated carbocycles. The van der Waals surface area contributed by atoms with Crippen LogP contribution in [0, 0.1) is 13.8 Å². The summed E-state index contributed by atoms with van der Waals surface area (Å²) in [5.74, 6) is 2.06. The van der Waals surface area contributed by atoms with E-state index in [-0.39, 0.29) is 0 Å². The highest BCUT2D eigenvalue weighted by atomic mass is 16.5. The molecule has 0 radical (unpaired) electrons. The van der Waals surface area contributed by atoms with Crippen molar-refractivity contribution in [2.24, 2.45) is 0 Å². The first-order valence-electron chi connectivity index (χ1n) is 7.40. The maximum absolute atomic E-state index is 5.95. The normalized spacial score (nSPS) is 17.1. The minimum atomic E-state index is 0.381. The van der Waals surface area contributed by atoms with E-state index in [1.807, 2.05) is 0 Å². The summed E-state index contributed by atoms with van der Waals surface area (Å²) in [7, 11) is 0. The Kier molecular flexibility index (Phi) is 3.29. The molecule has 0 amide bonds. The van der Waals surface area contributed by atoms with Crippen LogP contribution >= 0.6 is 0 Å². The molecule has 1 atom stereocenters. The molecule has 1 nitrogen and oxygen atoms in total. The minimum absolute atomic E-state index is 0.381. The van der Waals surface area contributed by atoms with Crippen LogP contribution in [0.15, 0.2) is 36.4 Å². The van der Waals surface area contributed by atoms with Gasteiger partial charge in [-0.1, -0.05) is 50.2 Å². The quantitative estimate of drug-likeness (QED) is 0.747. The minimum Gasteiger partial charge on any atom is -0.492 e. The molecule has 0 unspecified atom stereocenters. The topological polar surface area (TPSA) is 9.23 Å². The van der Waals surface area contributed by atoms with E-state index < -0.39 is 0 Å². The Hall–Kier alpha value is -1.76. The molecular weight excluding hydrogens is 244 g/mol. The summed E-state index contributed by atoms with van der Waals surface area (Å²) in [6.45, 7) is 9.54. The van der Waals surface area contributed by atoms with Gasteiger partial charge in [-0.2, -0.15) is 0 Å². The lowest BCUT2D eigenvalue weighted by atomic mass is 9.88. The van der Waals surface area contributed by atoms with Gasteiger partial charge in [0.05, 0.1) is 6.61 Å². The summed E-state index contributed by atoms with van der Waals surface area (Å²) in [5.41, 5.74) is 6.71. The highest BCUT2D eigenvalue weighted by molar-refractivity contribution is 5.53. The van der Waals surface area contributed by atoms with Crippen LogP contribution in [-0.2, 0) is 0 Å². The summed E-state index contributed by atoms with van der Waals surface area (Å²) >= 11 is 0. The van der Waals surface area contributed by atoms with E-state index in [1.54, 1.807) is 0 Å². The van der Waals surface area contributed by atoms with E-state index in [9.17, 15) is 0 Å². The molecule has 0 aromatic heterocycles. The number of rotatable bonds is 2. The number of fused-ring (bicyclic) bond motifs is 1. The molecule has 0 saturated heterocycles. The second-order valence-electron chi connectivity index (χ2n) is 6.13. The molecule has 2 aromatic rings. The molecule has 1 heterocycles. The monoisotopic (exact) mass is 266 g/mol. The molecule has 1 aliphatic heterocycles. The van der Waals surface area contributed by atoms with Crippen LogP contribution in [0.2, 0.25) is 0 Å². The first kappa shape index (κ1) is 13.2. The summed E-state index contributed by atoms with van der Waals surface area (Å²) in [5, 5.41) is 0. The Morgan fingerprint density at radius 1 is 0.950 bits per heavy atom. The highest BCUT2D eigenvalue weighted by Gasteiger charge is 2.28. The first-order chi connectivity index (χ1) is 9.58. The molecule has 0 fully saturated rings. The van der Waals surface area contributed by atoms with E-state index in [1.165, 1.54) is 27.8 Å². The van der Waals surface area contributed by atoms with Gasteiger partial charge < -0.3 is 4.74 Å². The lowest BCUT2D eigenvalue weighted by molar-refractivity contribution is 0.341. The molecule has 0 bridgehead atoms. The number of hydrogen-bond donors (Lipinski definition) is 0. The third-order valence-corrected chi connectivity index (χ3v) is 4.36. The van der Waals surface area contributed by atoms with E-state index in [4.69, 9.17) is 4.74 Å². The fourth-order valence-corrected chi connectivity index (χ4v) is 3.06. The zero-order valence-electron chi connectivity index (χ0n) is 12.7. The maximum Gasteiger partial charge on any atom is 0.126 e. The third kappa shape index (κ3) is 2.11. The Balaban J connectivity index is 2.01. The number of hydrogen-bond acceptors (Lipinski definition) is 1. The van der Waals surface area contributed by atoms with Crippen LogP contribution in [0.4, 0.5) is 0 Å². The molecule has 104 valence electrons. The van der Waals surface area contributed by atoms with Crippen LogP contribution in [0.1, 0.15) is 53.5 Å². The van der Waals surface area contributed by atoms with Crippen molar-refractivity contribution < 1.29 is 4.74 Å². The molecule has 1 aliphatic rings. The van der Waals surface area contributed by atoms with E-state index >= 15 is 0 Å². The van der Waals surface area contributed by atoms with Crippen molar-refractivity contribution in [3.8, 4) is 5.75 Å². The van der Waals surface area contributed by atoms with E-state index in [0.29, 0.717) is 11.8 Å². The summed E-state index contributed by atoms with van der Waals surface area (Å²) in [4.78, 5) is 0. The Morgan fingerprint density at radius 2 is 1.60 bits per heavy atom. The standard InChI is InChI=1S/C19H22O/c1-12(2)15-7-9-16(10-8-15)17-11-20-19-14(4)6-5-13(3)18(17)19/h5-10,12,17H,11H2,1-4H3/t17-/m1/s1. The molecule has 0 aliphatic carbocycles. The van der Waals surface area contributed by atoms with Gasteiger partial charge in [0.15, 0.2) is 0 Å². The highest BCUT2D eigenvalue weighted by Crippen LogP contribution is 2.42. The van der Waals surface area contributed by atoms with Gasteiger partial charge in [-0.25, -0.2) is 0 Å². The third-order valence-electron chi connectivity index (χ3n) is 4.36. The SMILES string of the molecule is Cc1ccc(C)c2c1OC[C@@H]2c1ccc(C(C)C)cc1. The van der Waals surface area contributed by atoms with Crippen molar-refractivity contribution in [1.82, 2.24) is 0 Å². The van der Waals surface area contributed by atoms with Crippen molar-refractivity contribution >= 4 is 0 Å². The second-order valence-corrected chi connectivity index (χ2v) is 6.13. The molecule has 0 N–H and O–H groups in total. The van der Waals surface area contributed by atoms with Crippen molar-refractivity contribution in [3.05, 3.63) is 64.2 Å².